The number of piperazine rings is 1. The molecule has 6 nitrogen and oxygen atoms in total. The van der Waals surface area contributed by atoms with Crippen molar-refractivity contribution >= 4 is 16.9 Å². The van der Waals surface area contributed by atoms with Crippen LogP contribution in [0.15, 0.2) is 30.6 Å². The van der Waals surface area contributed by atoms with Gasteiger partial charge in [0, 0.05) is 50.5 Å². The molecule has 1 saturated heterocycles. The van der Waals surface area contributed by atoms with Crippen molar-refractivity contribution in [3.8, 4) is 0 Å². The SMILES string of the molecule is CN1CCN(CCCNC(=O)Cn2ccc3cccnc32)CC1. The van der Waals surface area contributed by atoms with Crippen molar-refractivity contribution in [1.29, 1.82) is 0 Å². The predicted octanol–water partition coefficient (Wildman–Crippen LogP) is 0.790. The van der Waals surface area contributed by atoms with Crippen molar-refractivity contribution in [1.82, 2.24) is 24.7 Å². The van der Waals surface area contributed by atoms with Crippen LogP contribution in [0, 0.1) is 0 Å². The van der Waals surface area contributed by atoms with E-state index in [0.29, 0.717) is 6.54 Å². The van der Waals surface area contributed by atoms with E-state index >= 15 is 0 Å². The highest BCUT2D eigenvalue weighted by atomic mass is 16.1. The van der Waals surface area contributed by atoms with Crippen LogP contribution in [0.2, 0.25) is 0 Å². The summed E-state index contributed by atoms with van der Waals surface area (Å²) < 4.78 is 1.89. The Hall–Kier alpha value is -1.92. The van der Waals surface area contributed by atoms with Crippen molar-refractivity contribution in [3.05, 3.63) is 30.6 Å². The molecule has 0 aliphatic carbocycles. The molecule has 2 aromatic heterocycles. The maximum absolute atomic E-state index is 12.1. The molecule has 0 spiro atoms. The zero-order valence-corrected chi connectivity index (χ0v) is 13.7. The number of hydrogen-bond donors (Lipinski definition) is 1. The van der Waals surface area contributed by atoms with Gasteiger partial charge in [0.25, 0.3) is 0 Å². The van der Waals surface area contributed by atoms with Crippen LogP contribution in [0.1, 0.15) is 6.42 Å². The molecule has 23 heavy (non-hydrogen) atoms. The number of carbonyl (C=O) groups is 1. The second-order valence-corrected chi connectivity index (χ2v) is 6.21. The lowest BCUT2D eigenvalue weighted by Gasteiger charge is -2.32. The van der Waals surface area contributed by atoms with Crippen molar-refractivity contribution in [3.63, 3.8) is 0 Å². The molecule has 6 heteroatoms. The van der Waals surface area contributed by atoms with Crippen molar-refractivity contribution in [2.75, 3.05) is 46.3 Å². The van der Waals surface area contributed by atoms with E-state index in [2.05, 4.69) is 27.1 Å². The zero-order valence-electron chi connectivity index (χ0n) is 13.7. The molecule has 3 heterocycles. The van der Waals surface area contributed by atoms with Gasteiger partial charge in [-0.1, -0.05) is 0 Å². The first-order chi connectivity index (χ1) is 11.2. The summed E-state index contributed by atoms with van der Waals surface area (Å²) in [5, 5.41) is 4.07. The van der Waals surface area contributed by atoms with Gasteiger partial charge in [0.1, 0.15) is 12.2 Å². The summed E-state index contributed by atoms with van der Waals surface area (Å²) in [5.74, 6) is 0.0477. The summed E-state index contributed by atoms with van der Waals surface area (Å²) >= 11 is 0. The first-order valence-electron chi connectivity index (χ1n) is 8.30. The molecule has 0 radical (unpaired) electrons. The van der Waals surface area contributed by atoms with Crippen LogP contribution < -0.4 is 5.32 Å². The molecule has 1 aliphatic rings. The van der Waals surface area contributed by atoms with Crippen molar-refractivity contribution < 1.29 is 4.79 Å². The van der Waals surface area contributed by atoms with Crippen LogP contribution in [-0.4, -0.2) is 71.6 Å². The number of hydrogen-bond acceptors (Lipinski definition) is 4. The van der Waals surface area contributed by atoms with E-state index in [4.69, 9.17) is 0 Å². The van der Waals surface area contributed by atoms with E-state index in [1.165, 1.54) is 0 Å². The van der Waals surface area contributed by atoms with Crippen LogP contribution in [0.5, 0.6) is 0 Å². The van der Waals surface area contributed by atoms with Crippen LogP contribution in [0.3, 0.4) is 0 Å². The number of fused-ring (bicyclic) bond motifs is 1. The number of rotatable bonds is 6. The predicted molar refractivity (Wildman–Crippen MR) is 91.3 cm³/mol. The molecule has 1 fully saturated rings. The summed E-state index contributed by atoms with van der Waals surface area (Å²) in [6.45, 7) is 6.66. The summed E-state index contributed by atoms with van der Waals surface area (Å²) in [6, 6.07) is 5.90. The van der Waals surface area contributed by atoms with E-state index in [0.717, 1.165) is 56.7 Å². The number of aromatic nitrogens is 2. The maximum Gasteiger partial charge on any atom is 0.239 e. The fraction of sp³-hybridized carbons (Fsp3) is 0.529. The van der Waals surface area contributed by atoms with Crippen molar-refractivity contribution in [2.45, 2.75) is 13.0 Å². The molecule has 0 unspecified atom stereocenters. The van der Waals surface area contributed by atoms with Gasteiger partial charge in [-0.3, -0.25) is 4.79 Å². The number of nitrogens with zero attached hydrogens (tertiary/aromatic N) is 4. The van der Waals surface area contributed by atoms with E-state index < -0.39 is 0 Å². The number of carbonyl (C=O) groups excluding carboxylic acids is 1. The molecule has 124 valence electrons. The Kier molecular flexibility index (Phi) is 5.25. The molecule has 0 bridgehead atoms. The third-order valence-electron chi connectivity index (χ3n) is 4.41. The second kappa shape index (κ2) is 7.57. The normalized spacial score (nSPS) is 16.7. The number of nitrogens with one attached hydrogen (secondary N) is 1. The van der Waals surface area contributed by atoms with Crippen LogP contribution in [-0.2, 0) is 11.3 Å². The minimum Gasteiger partial charge on any atom is -0.355 e. The standard InChI is InChI=1S/C17H25N5O/c1-20-10-12-21(13-11-20)8-3-7-18-16(23)14-22-9-5-15-4-2-6-19-17(15)22/h2,4-6,9H,3,7-8,10-14H2,1H3,(H,18,23). The van der Waals surface area contributed by atoms with Gasteiger partial charge >= 0.3 is 0 Å². The highest BCUT2D eigenvalue weighted by Gasteiger charge is 2.13. The average molecular weight is 315 g/mol. The largest absolute Gasteiger partial charge is 0.355 e. The lowest BCUT2D eigenvalue weighted by molar-refractivity contribution is -0.121. The lowest BCUT2D eigenvalue weighted by atomic mass is 10.3. The van der Waals surface area contributed by atoms with Gasteiger partial charge in [-0.2, -0.15) is 0 Å². The summed E-state index contributed by atoms with van der Waals surface area (Å²) in [7, 11) is 2.16. The van der Waals surface area contributed by atoms with E-state index in [-0.39, 0.29) is 5.91 Å². The summed E-state index contributed by atoms with van der Waals surface area (Å²) in [4.78, 5) is 21.2. The molecule has 1 aliphatic heterocycles. The smallest absolute Gasteiger partial charge is 0.239 e. The average Bonchev–Trinajstić information content (AvgIpc) is 2.96. The van der Waals surface area contributed by atoms with Crippen LogP contribution in [0.25, 0.3) is 11.0 Å². The zero-order chi connectivity index (χ0) is 16.1. The molecular weight excluding hydrogens is 290 g/mol. The Bertz CT molecular complexity index is 645. The first-order valence-corrected chi connectivity index (χ1v) is 8.30. The molecule has 0 saturated carbocycles. The fourth-order valence-corrected chi connectivity index (χ4v) is 2.96. The topological polar surface area (TPSA) is 53.4 Å². The number of amides is 1. The van der Waals surface area contributed by atoms with Gasteiger partial charge in [0.15, 0.2) is 0 Å². The third kappa shape index (κ3) is 4.30. The van der Waals surface area contributed by atoms with Gasteiger partial charge in [-0.05, 0) is 38.2 Å². The highest BCUT2D eigenvalue weighted by Crippen LogP contribution is 2.11. The molecule has 2 aromatic rings. The quantitative estimate of drug-likeness (QED) is 0.801. The fourth-order valence-electron chi connectivity index (χ4n) is 2.96. The monoisotopic (exact) mass is 315 g/mol. The molecular formula is C17H25N5O. The molecule has 1 amide bonds. The third-order valence-corrected chi connectivity index (χ3v) is 4.41. The van der Waals surface area contributed by atoms with E-state index in [1.807, 2.05) is 29.0 Å². The van der Waals surface area contributed by atoms with Crippen molar-refractivity contribution in [2.24, 2.45) is 0 Å². The second-order valence-electron chi connectivity index (χ2n) is 6.21. The number of likely N-dealkylation sites (N-methyl/N-ethyl adjacent to an activating group) is 1. The molecule has 3 rings (SSSR count). The lowest BCUT2D eigenvalue weighted by Crippen LogP contribution is -2.45. The molecule has 1 N–H and O–H groups in total. The maximum atomic E-state index is 12.1. The van der Waals surface area contributed by atoms with Gasteiger partial charge in [0.2, 0.25) is 5.91 Å². The van der Waals surface area contributed by atoms with Crippen LogP contribution in [0.4, 0.5) is 0 Å². The van der Waals surface area contributed by atoms with Gasteiger partial charge in [0.05, 0.1) is 0 Å². The summed E-state index contributed by atoms with van der Waals surface area (Å²) in [5.41, 5.74) is 0.861. The number of pyridine rings is 1. The minimum atomic E-state index is 0.0477. The van der Waals surface area contributed by atoms with E-state index in [1.54, 1.807) is 6.20 Å². The van der Waals surface area contributed by atoms with Gasteiger partial charge < -0.3 is 19.7 Å². The Morgan fingerprint density at radius 2 is 2.09 bits per heavy atom. The first kappa shape index (κ1) is 16.0. The highest BCUT2D eigenvalue weighted by molar-refractivity contribution is 5.80. The minimum absolute atomic E-state index is 0.0477. The van der Waals surface area contributed by atoms with E-state index in [9.17, 15) is 4.79 Å². The molecule has 0 aromatic carbocycles. The Balaban J connectivity index is 1.38. The van der Waals surface area contributed by atoms with Crippen LogP contribution >= 0.6 is 0 Å². The molecule has 0 atom stereocenters. The van der Waals surface area contributed by atoms with Gasteiger partial charge in [-0.15, -0.1) is 0 Å². The van der Waals surface area contributed by atoms with Gasteiger partial charge in [-0.25, -0.2) is 4.98 Å². The Morgan fingerprint density at radius 1 is 1.26 bits per heavy atom. The summed E-state index contributed by atoms with van der Waals surface area (Å²) in [6.07, 6.45) is 4.67. The Labute approximate surface area is 137 Å². The Morgan fingerprint density at radius 3 is 2.91 bits per heavy atom.